The Balaban J connectivity index is 0.000000184. The van der Waals surface area contributed by atoms with Gasteiger partial charge in [0.25, 0.3) is 11.8 Å². The van der Waals surface area contributed by atoms with Gasteiger partial charge in [-0.1, -0.05) is 108 Å². The number of halogens is 4. The summed E-state index contributed by atoms with van der Waals surface area (Å²) in [5.41, 5.74) is 6.02. The van der Waals surface area contributed by atoms with E-state index in [1.54, 1.807) is 48.5 Å². The highest BCUT2D eigenvalue weighted by Crippen LogP contribution is 2.42. The van der Waals surface area contributed by atoms with E-state index in [1.807, 2.05) is 67.6 Å². The van der Waals surface area contributed by atoms with Crippen molar-refractivity contribution in [2.24, 2.45) is 0 Å². The molecule has 0 bridgehead atoms. The molecule has 4 atom stereocenters. The zero-order chi connectivity index (χ0) is 43.4. The van der Waals surface area contributed by atoms with Gasteiger partial charge in [0.15, 0.2) is 0 Å². The van der Waals surface area contributed by atoms with Crippen LogP contribution >= 0.6 is 23.2 Å². The lowest BCUT2D eigenvalue weighted by Gasteiger charge is -2.29. The fraction of sp³-hybridized carbons (Fsp3) is 0.184. The van der Waals surface area contributed by atoms with Gasteiger partial charge in [-0.25, -0.2) is 18.4 Å². The molecule has 61 heavy (non-hydrogen) atoms. The van der Waals surface area contributed by atoms with Crippen molar-refractivity contribution in [2.75, 3.05) is 0 Å². The van der Waals surface area contributed by atoms with E-state index in [-0.39, 0.29) is 23.1 Å². The zero-order valence-corrected chi connectivity index (χ0v) is 34.4. The molecule has 12 heteroatoms. The van der Waals surface area contributed by atoms with E-state index in [2.05, 4.69) is 0 Å². The molecule has 2 fully saturated rings. The lowest BCUT2D eigenvalue weighted by molar-refractivity contribution is -0.142. The molecule has 2 saturated heterocycles. The van der Waals surface area contributed by atoms with Crippen LogP contribution in [-0.4, -0.2) is 55.8 Å². The van der Waals surface area contributed by atoms with E-state index < -0.39 is 47.6 Å². The van der Waals surface area contributed by atoms with Crippen molar-refractivity contribution in [1.82, 2.24) is 9.80 Å². The van der Waals surface area contributed by atoms with Crippen molar-refractivity contribution in [1.29, 1.82) is 0 Å². The number of carboxylic acid groups (broad SMARTS) is 2. The van der Waals surface area contributed by atoms with Gasteiger partial charge in [-0.3, -0.25) is 9.59 Å². The maximum absolute atomic E-state index is 14.1. The van der Waals surface area contributed by atoms with Crippen LogP contribution in [-0.2, 0) is 9.59 Å². The number of carbonyl (C=O) groups excluding carboxylic acids is 2. The Hall–Kier alpha value is -6.36. The molecule has 6 aromatic carbocycles. The summed E-state index contributed by atoms with van der Waals surface area (Å²) in [7, 11) is 0. The second-order valence-corrected chi connectivity index (χ2v) is 15.8. The largest absolute Gasteiger partial charge is 0.480 e. The average molecular weight is 862 g/mol. The van der Waals surface area contributed by atoms with E-state index in [0.29, 0.717) is 52.4 Å². The number of aryl methyl sites for hydroxylation is 1. The molecule has 0 unspecified atom stereocenters. The maximum Gasteiger partial charge on any atom is 0.326 e. The van der Waals surface area contributed by atoms with Gasteiger partial charge in [-0.05, 0) is 115 Å². The van der Waals surface area contributed by atoms with Gasteiger partial charge in [-0.15, -0.1) is 0 Å². The Bertz CT molecular complexity index is 2610. The van der Waals surface area contributed by atoms with Gasteiger partial charge in [-0.2, -0.15) is 0 Å². The second kappa shape index (κ2) is 18.5. The summed E-state index contributed by atoms with van der Waals surface area (Å²) in [5.74, 6) is -4.17. The number of hydrogen-bond donors (Lipinski definition) is 2. The number of hydrogen-bond acceptors (Lipinski definition) is 4. The summed E-state index contributed by atoms with van der Waals surface area (Å²) in [6, 6.07) is 36.7. The Morgan fingerprint density at radius 3 is 1.49 bits per heavy atom. The summed E-state index contributed by atoms with van der Waals surface area (Å²) in [6.45, 7) is 1.96. The van der Waals surface area contributed by atoms with E-state index in [4.69, 9.17) is 23.2 Å². The number of aliphatic carboxylic acids is 2. The molecule has 0 aliphatic carbocycles. The maximum atomic E-state index is 14.1. The molecule has 0 radical (unpaired) electrons. The van der Waals surface area contributed by atoms with Crippen LogP contribution in [0.4, 0.5) is 8.78 Å². The number of benzene rings is 6. The number of carbonyl (C=O) groups is 4. The van der Waals surface area contributed by atoms with Gasteiger partial charge < -0.3 is 20.0 Å². The SMILES string of the molecule is Cc1cc(C(=O)N2[C@@H](c3ccccc3Cl)CC[C@H]2C(=O)O)ccc1-c1ccccc1.O=C(O)[C@@H]1CC[C@H](c2ccccc2Cl)N1C(=O)c1ccc(-c2ccc(F)cc2F)cc1. The van der Waals surface area contributed by atoms with E-state index in [1.165, 1.54) is 28.0 Å². The smallest absolute Gasteiger partial charge is 0.326 e. The molecule has 2 aliphatic rings. The van der Waals surface area contributed by atoms with Crippen LogP contribution in [0.15, 0.2) is 140 Å². The van der Waals surface area contributed by atoms with Crippen LogP contribution in [0.25, 0.3) is 22.3 Å². The summed E-state index contributed by atoms with van der Waals surface area (Å²) < 4.78 is 27.2. The Labute approximate surface area is 361 Å². The van der Waals surface area contributed by atoms with Crippen molar-refractivity contribution in [2.45, 2.75) is 56.8 Å². The van der Waals surface area contributed by atoms with E-state index in [0.717, 1.165) is 34.4 Å². The van der Waals surface area contributed by atoms with Crippen LogP contribution < -0.4 is 0 Å². The first-order valence-corrected chi connectivity index (χ1v) is 20.4. The minimum Gasteiger partial charge on any atom is -0.480 e. The standard InChI is InChI=1S/C25H22ClNO3.C24H18ClF2NO3/c1-16-15-18(11-12-19(16)17-7-3-2-4-8-17)24(28)27-22(13-14-23(27)25(29)30)20-9-5-6-10-21(20)26;25-19-4-2-1-3-18(19)21-11-12-22(24(30)31)28(21)23(29)15-7-5-14(6-8-15)17-10-9-16(26)13-20(17)27/h2-12,15,22-23H,13-14H2,1H3,(H,29,30);1-10,13,21-22H,11-12H2,(H,30,31)/t22-,23+;21-,22+/m11/s1. The second-order valence-electron chi connectivity index (χ2n) is 15.0. The predicted molar refractivity (Wildman–Crippen MR) is 230 cm³/mol. The average Bonchev–Trinajstić information content (AvgIpc) is 3.90. The lowest BCUT2D eigenvalue weighted by Crippen LogP contribution is -2.41. The summed E-state index contributed by atoms with van der Waals surface area (Å²) in [4.78, 5) is 53.3. The summed E-state index contributed by atoms with van der Waals surface area (Å²) >= 11 is 12.7. The van der Waals surface area contributed by atoms with Crippen LogP contribution in [0.2, 0.25) is 10.0 Å². The van der Waals surface area contributed by atoms with E-state index in [9.17, 15) is 38.2 Å². The van der Waals surface area contributed by atoms with Gasteiger partial charge in [0.1, 0.15) is 23.7 Å². The van der Waals surface area contributed by atoms with Crippen molar-refractivity contribution < 1.29 is 38.2 Å². The minimum atomic E-state index is -1.08. The molecular weight excluding hydrogens is 821 g/mol. The third-order valence-corrected chi connectivity index (χ3v) is 12.0. The molecule has 2 N–H and O–H groups in total. The molecule has 2 aliphatic heterocycles. The Morgan fingerprint density at radius 2 is 1.00 bits per heavy atom. The first-order chi connectivity index (χ1) is 29.3. The zero-order valence-electron chi connectivity index (χ0n) is 32.9. The van der Waals surface area contributed by atoms with Crippen molar-refractivity contribution in [3.63, 3.8) is 0 Å². The van der Waals surface area contributed by atoms with Crippen LogP contribution in [0.3, 0.4) is 0 Å². The minimum absolute atomic E-state index is 0.207. The molecular formula is C49H40Cl2F2N2O6. The highest BCUT2D eigenvalue weighted by molar-refractivity contribution is 6.31. The normalized spacial score (nSPS) is 18.3. The van der Waals surface area contributed by atoms with Gasteiger partial charge in [0.05, 0.1) is 12.1 Å². The number of carboxylic acids is 2. The topological polar surface area (TPSA) is 115 Å². The fourth-order valence-electron chi connectivity index (χ4n) is 8.33. The fourth-order valence-corrected chi connectivity index (χ4v) is 8.85. The Morgan fingerprint density at radius 1 is 0.541 bits per heavy atom. The van der Waals surface area contributed by atoms with Crippen molar-refractivity contribution >= 4 is 47.0 Å². The first-order valence-electron chi connectivity index (χ1n) is 19.7. The third-order valence-electron chi connectivity index (χ3n) is 11.3. The van der Waals surface area contributed by atoms with Crippen LogP contribution in [0.1, 0.15) is 75.2 Å². The molecule has 0 saturated carbocycles. The molecule has 310 valence electrons. The van der Waals surface area contributed by atoms with Gasteiger partial charge >= 0.3 is 11.9 Å². The lowest BCUT2D eigenvalue weighted by atomic mass is 9.97. The van der Waals surface area contributed by atoms with E-state index >= 15 is 0 Å². The molecule has 6 aromatic rings. The number of nitrogens with zero attached hydrogens (tertiary/aromatic N) is 2. The quantitative estimate of drug-likeness (QED) is 0.157. The molecule has 8 rings (SSSR count). The predicted octanol–water partition coefficient (Wildman–Crippen LogP) is 11.5. The molecule has 8 nitrogen and oxygen atoms in total. The monoisotopic (exact) mass is 860 g/mol. The molecule has 2 heterocycles. The highest BCUT2D eigenvalue weighted by atomic mass is 35.5. The summed E-state index contributed by atoms with van der Waals surface area (Å²) in [6.07, 6.45) is 1.76. The van der Waals surface area contributed by atoms with Gasteiger partial charge in [0, 0.05) is 32.8 Å². The van der Waals surface area contributed by atoms with Crippen LogP contribution in [0.5, 0.6) is 0 Å². The highest BCUT2D eigenvalue weighted by Gasteiger charge is 2.44. The van der Waals surface area contributed by atoms with Gasteiger partial charge in [0.2, 0.25) is 0 Å². The van der Waals surface area contributed by atoms with Crippen molar-refractivity contribution in [3.05, 3.63) is 189 Å². The number of likely N-dealkylation sites (tertiary alicyclic amines) is 2. The molecule has 0 aromatic heterocycles. The first kappa shape index (κ1) is 42.8. The third kappa shape index (κ3) is 9.06. The molecule has 2 amide bonds. The Kier molecular flexibility index (Phi) is 13.0. The number of amides is 2. The van der Waals surface area contributed by atoms with Crippen LogP contribution in [0, 0.1) is 18.6 Å². The van der Waals surface area contributed by atoms with Crippen molar-refractivity contribution in [3.8, 4) is 22.3 Å². The number of rotatable bonds is 8. The summed E-state index contributed by atoms with van der Waals surface area (Å²) in [5, 5.41) is 20.4. The molecule has 0 spiro atoms.